The Labute approximate surface area is 62.9 Å². The molecule has 3 heteroatoms. The number of benzene rings is 1. The molecular weight excluding hydrogens is 142 g/mol. The molecule has 0 fully saturated rings. The molecule has 1 rings (SSSR count). The van der Waals surface area contributed by atoms with E-state index in [0.29, 0.717) is 6.17 Å². The molecule has 0 heterocycles. The van der Waals surface area contributed by atoms with Gasteiger partial charge in [0.05, 0.1) is 0 Å². The highest BCUT2D eigenvalue weighted by atomic mass is 28.2. The van der Waals surface area contributed by atoms with Crippen LogP contribution < -0.4 is 10.2 Å². The van der Waals surface area contributed by atoms with Crippen molar-refractivity contribution in [3.63, 3.8) is 0 Å². The molecule has 1 aromatic carbocycles. The maximum absolute atomic E-state index is 5.37. The van der Waals surface area contributed by atoms with Crippen LogP contribution in [-0.4, -0.2) is 15.9 Å². The highest BCUT2D eigenvalue weighted by molar-refractivity contribution is 6.28. The molecule has 0 saturated carbocycles. The van der Waals surface area contributed by atoms with Crippen molar-refractivity contribution in [3.05, 3.63) is 30.3 Å². The van der Waals surface area contributed by atoms with Crippen LogP contribution in [0.3, 0.4) is 0 Å². The molecule has 0 unspecified atom stereocenters. The summed E-state index contributed by atoms with van der Waals surface area (Å²) in [5.74, 6) is 0.944. The summed E-state index contributed by atoms with van der Waals surface area (Å²) in [5.41, 5.74) is 5.31. The average Bonchev–Trinajstić information content (AvgIpc) is 2.03. The molecule has 0 aliphatic carbocycles. The van der Waals surface area contributed by atoms with Gasteiger partial charge in [-0.25, -0.2) is 0 Å². The SMILES string of the molecule is NC[SiH2]Oc1ccccc1. The normalized spacial score (nSPS) is 10.5. The van der Waals surface area contributed by atoms with Crippen LogP contribution in [0, 0.1) is 0 Å². The van der Waals surface area contributed by atoms with E-state index in [1.165, 1.54) is 0 Å². The number of para-hydroxylation sites is 1. The lowest BCUT2D eigenvalue weighted by Gasteiger charge is -2.02. The van der Waals surface area contributed by atoms with E-state index in [9.17, 15) is 0 Å². The fraction of sp³-hybridized carbons (Fsp3) is 0.143. The van der Waals surface area contributed by atoms with Gasteiger partial charge in [0.1, 0.15) is 5.75 Å². The Morgan fingerprint density at radius 2 is 2.00 bits per heavy atom. The molecular formula is C7H11NOSi. The number of nitrogens with two attached hydrogens (primary N) is 1. The second-order valence-electron chi connectivity index (χ2n) is 1.95. The van der Waals surface area contributed by atoms with Gasteiger partial charge in [-0.2, -0.15) is 0 Å². The van der Waals surface area contributed by atoms with Crippen molar-refractivity contribution in [2.24, 2.45) is 5.73 Å². The second kappa shape index (κ2) is 4.08. The van der Waals surface area contributed by atoms with Crippen molar-refractivity contribution < 1.29 is 4.43 Å². The fourth-order valence-electron chi connectivity index (χ4n) is 0.693. The van der Waals surface area contributed by atoms with Crippen LogP contribution in [-0.2, 0) is 0 Å². The minimum atomic E-state index is -0.499. The number of rotatable bonds is 3. The van der Waals surface area contributed by atoms with Crippen LogP contribution in [0.15, 0.2) is 30.3 Å². The van der Waals surface area contributed by atoms with Gasteiger partial charge < -0.3 is 10.2 Å². The molecule has 0 aliphatic rings. The van der Waals surface area contributed by atoms with Crippen molar-refractivity contribution in [2.75, 3.05) is 6.17 Å². The molecule has 10 heavy (non-hydrogen) atoms. The second-order valence-corrected chi connectivity index (χ2v) is 3.22. The van der Waals surface area contributed by atoms with Crippen molar-refractivity contribution in [2.45, 2.75) is 0 Å². The van der Waals surface area contributed by atoms with E-state index in [4.69, 9.17) is 10.2 Å². The van der Waals surface area contributed by atoms with Crippen LogP contribution in [0.4, 0.5) is 0 Å². The van der Waals surface area contributed by atoms with Crippen molar-refractivity contribution in [1.82, 2.24) is 0 Å². The van der Waals surface area contributed by atoms with E-state index in [2.05, 4.69) is 0 Å². The summed E-state index contributed by atoms with van der Waals surface area (Å²) in [6, 6.07) is 9.78. The van der Waals surface area contributed by atoms with E-state index < -0.39 is 9.76 Å². The summed E-state index contributed by atoms with van der Waals surface area (Å²) in [6.45, 7) is 0. The van der Waals surface area contributed by atoms with Crippen LogP contribution in [0.2, 0.25) is 0 Å². The zero-order valence-corrected chi connectivity index (χ0v) is 7.20. The molecule has 0 atom stereocenters. The van der Waals surface area contributed by atoms with E-state index in [-0.39, 0.29) is 0 Å². The van der Waals surface area contributed by atoms with Gasteiger partial charge in [0.25, 0.3) is 0 Å². The van der Waals surface area contributed by atoms with Gasteiger partial charge in [-0.05, 0) is 12.1 Å². The summed E-state index contributed by atoms with van der Waals surface area (Å²) < 4.78 is 5.37. The largest absolute Gasteiger partial charge is 0.548 e. The Balaban J connectivity index is 2.43. The standard InChI is InChI=1S/C7H11NOSi/c8-6-10-9-7-4-2-1-3-5-7/h1-5H,6,8,10H2. The van der Waals surface area contributed by atoms with Gasteiger partial charge >= 0.3 is 0 Å². The third-order valence-corrected chi connectivity index (χ3v) is 1.90. The first-order valence-corrected chi connectivity index (χ1v) is 4.89. The minimum absolute atomic E-state index is 0.499. The Morgan fingerprint density at radius 1 is 1.30 bits per heavy atom. The molecule has 0 aliphatic heterocycles. The Morgan fingerprint density at radius 3 is 2.60 bits per heavy atom. The van der Waals surface area contributed by atoms with E-state index in [1.54, 1.807) is 0 Å². The monoisotopic (exact) mass is 153 g/mol. The minimum Gasteiger partial charge on any atom is -0.548 e. The average molecular weight is 153 g/mol. The molecule has 0 spiro atoms. The molecule has 54 valence electrons. The Bertz CT molecular complexity index is 178. The molecule has 0 radical (unpaired) electrons. The lowest BCUT2D eigenvalue weighted by Crippen LogP contribution is -2.14. The maximum atomic E-state index is 5.37. The van der Waals surface area contributed by atoms with Gasteiger partial charge in [0, 0.05) is 6.17 Å². The zero-order valence-electron chi connectivity index (χ0n) is 5.79. The summed E-state index contributed by atoms with van der Waals surface area (Å²) in [5, 5.41) is 0. The van der Waals surface area contributed by atoms with Gasteiger partial charge in [-0.1, -0.05) is 18.2 Å². The highest BCUT2D eigenvalue weighted by Crippen LogP contribution is 2.06. The quantitative estimate of drug-likeness (QED) is 0.623. The van der Waals surface area contributed by atoms with Crippen LogP contribution in [0.1, 0.15) is 0 Å². The fourth-order valence-corrected chi connectivity index (χ4v) is 1.24. The van der Waals surface area contributed by atoms with E-state index >= 15 is 0 Å². The van der Waals surface area contributed by atoms with Crippen molar-refractivity contribution in [3.8, 4) is 5.75 Å². The molecule has 0 saturated heterocycles. The molecule has 1 aromatic rings. The molecule has 0 bridgehead atoms. The predicted molar refractivity (Wildman–Crippen MR) is 44.7 cm³/mol. The van der Waals surface area contributed by atoms with E-state index in [0.717, 1.165) is 5.75 Å². The topological polar surface area (TPSA) is 35.2 Å². The summed E-state index contributed by atoms with van der Waals surface area (Å²) >= 11 is 0. The molecule has 2 nitrogen and oxygen atoms in total. The van der Waals surface area contributed by atoms with Crippen molar-refractivity contribution in [1.29, 1.82) is 0 Å². The van der Waals surface area contributed by atoms with Crippen LogP contribution in [0.25, 0.3) is 0 Å². The van der Waals surface area contributed by atoms with Gasteiger partial charge in [0.15, 0.2) is 0 Å². The van der Waals surface area contributed by atoms with Gasteiger partial charge in [0.2, 0.25) is 9.76 Å². The number of hydrogen-bond donors (Lipinski definition) is 1. The van der Waals surface area contributed by atoms with Crippen LogP contribution in [0.5, 0.6) is 5.75 Å². The predicted octanol–water partition coefficient (Wildman–Crippen LogP) is 0.0654. The number of hydrogen-bond acceptors (Lipinski definition) is 2. The summed E-state index contributed by atoms with van der Waals surface area (Å²) in [6.07, 6.45) is 0.703. The Kier molecular flexibility index (Phi) is 2.98. The van der Waals surface area contributed by atoms with Gasteiger partial charge in [-0.15, -0.1) is 0 Å². The molecule has 0 amide bonds. The summed E-state index contributed by atoms with van der Waals surface area (Å²) in [7, 11) is -0.499. The molecule has 2 N–H and O–H groups in total. The lowest BCUT2D eigenvalue weighted by molar-refractivity contribution is 0.593. The first-order chi connectivity index (χ1) is 4.93. The lowest BCUT2D eigenvalue weighted by atomic mass is 10.3. The highest BCUT2D eigenvalue weighted by Gasteiger charge is 1.87. The first-order valence-electron chi connectivity index (χ1n) is 3.31. The van der Waals surface area contributed by atoms with E-state index in [1.807, 2.05) is 30.3 Å². The Hall–Kier alpha value is -0.803. The molecule has 0 aromatic heterocycles. The maximum Gasteiger partial charge on any atom is 0.232 e. The summed E-state index contributed by atoms with van der Waals surface area (Å²) in [4.78, 5) is 0. The third-order valence-electron chi connectivity index (χ3n) is 1.13. The van der Waals surface area contributed by atoms with Crippen LogP contribution >= 0.6 is 0 Å². The smallest absolute Gasteiger partial charge is 0.232 e. The van der Waals surface area contributed by atoms with Crippen molar-refractivity contribution >= 4 is 9.76 Å². The third kappa shape index (κ3) is 2.20. The first kappa shape index (κ1) is 7.31. The zero-order chi connectivity index (χ0) is 7.23. The van der Waals surface area contributed by atoms with Gasteiger partial charge in [-0.3, -0.25) is 0 Å².